The lowest BCUT2D eigenvalue weighted by Gasteiger charge is -2.59. The van der Waals surface area contributed by atoms with Crippen molar-refractivity contribution in [3.63, 3.8) is 0 Å². The predicted molar refractivity (Wildman–Crippen MR) is 125 cm³/mol. The fourth-order valence-electron chi connectivity index (χ4n) is 7.92. The predicted octanol–water partition coefficient (Wildman–Crippen LogP) is 6.55. The Labute approximate surface area is 191 Å². The molecule has 0 aromatic carbocycles. The first-order valence-corrected chi connectivity index (χ1v) is 12.2. The fraction of sp³-hybridized carbons (Fsp3) is 0.692. The van der Waals surface area contributed by atoms with Gasteiger partial charge in [-0.15, -0.1) is 11.6 Å². The number of carbonyl (C=O) groups is 1. The van der Waals surface area contributed by atoms with Crippen LogP contribution in [0.2, 0.25) is 0 Å². The van der Waals surface area contributed by atoms with Crippen LogP contribution in [0, 0.1) is 45.8 Å². The van der Waals surface area contributed by atoms with E-state index in [2.05, 4.69) is 39.5 Å². The standard InChI is InChI=1S/C26H36ClNO3/c1-6-30-24(29)31-14-16(3)22-15(2)11-20-19-8-7-17-12-18(28)9-10-25(17,4)23(19)21(27)13-26(20,22)5/h9-10,12,15,19-23,28H,3,6-8,11,13-14H2,1-2,4-5H3/t15-,19?,20?,21?,22?,23?,25-,26?/m0/s1. The van der Waals surface area contributed by atoms with Crippen LogP contribution >= 0.6 is 11.6 Å². The molecule has 170 valence electrons. The summed E-state index contributed by atoms with van der Waals surface area (Å²) in [7, 11) is 0. The van der Waals surface area contributed by atoms with E-state index in [1.165, 1.54) is 12.0 Å². The number of nitrogens with one attached hydrogen (secondary N) is 1. The van der Waals surface area contributed by atoms with Gasteiger partial charge in [0.25, 0.3) is 0 Å². The summed E-state index contributed by atoms with van der Waals surface area (Å²) in [6, 6.07) is 0. The Bertz CT molecular complexity index is 848. The largest absolute Gasteiger partial charge is 0.508 e. The number of hydrogen-bond acceptors (Lipinski definition) is 4. The molecule has 0 saturated heterocycles. The normalized spacial score (nSPS) is 43.4. The second kappa shape index (κ2) is 8.10. The van der Waals surface area contributed by atoms with Crippen molar-refractivity contribution < 1.29 is 14.3 Å². The molecule has 1 N–H and O–H groups in total. The minimum absolute atomic E-state index is 0.0490. The van der Waals surface area contributed by atoms with Gasteiger partial charge in [0.15, 0.2) is 0 Å². The Kier molecular flexibility index (Phi) is 5.91. The van der Waals surface area contributed by atoms with E-state index in [-0.39, 0.29) is 28.7 Å². The molecular weight excluding hydrogens is 410 g/mol. The molecule has 31 heavy (non-hydrogen) atoms. The Morgan fingerprint density at radius 1 is 1.35 bits per heavy atom. The molecule has 4 nitrogen and oxygen atoms in total. The highest BCUT2D eigenvalue weighted by atomic mass is 35.5. The minimum atomic E-state index is -0.621. The van der Waals surface area contributed by atoms with Gasteiger partial charge in [-0.3, -0.25) is 0 Å². The number of allylic oxidation sites excluding steroid dienone is 4. The van der Waals surface area contributed by atoms with Gasteiger partial charge in [-0.2, -0.15) is 0 Å². The monoisotopic (exact) mass is 445 g/mol. The maximum absolute atomic E-state index is 11.7. The van der Waals surface area contributed by atoms with Gasteiger partial charge >= 0.3 is 6.16 Å². The van der Waals surface area contributed by atoms with Crippen LogP contribution in [0.4, 0.5) is 4.79 Å². The van der Waals surface area contributed by atoms with Crippen LogP contribution in [0.5, 0.6) is 0 Å². The Morgan fingerprint density at radius 2 is 2.10 bits per heavy atom. The first-order valence-electron chi connectivity index (χ1n) is 11.7. The highest BCUT2D eigenvalue weighted by molar-refractivity contribution is 6.21. The van der Waals surface area contributed by atoms with E-state index in [0.29, 0.717) is 36.0 Å². The van der Waals surface area contributed by atoms with E-state index >= 15 is 0 Å². The molecule has 4 aliphatic carbocycles. The summed E-state index contributed by atoms with van der Waals surface area (Å²) in [6.07, 6.45) is 9.96. The van der Waals surface area contributed by atoms with Crippen LogP contribution in [-0.2, 0) is 9.47 Å². The SMILES string of the molecule is C=C(COC(=O)OCC)C1[C@@H](C)CC2C3CCC4=CC(=N)C=C[C@]4(C)C3C(Cl)CC21C. The van der Waals surface area contributed by atoms with Crippen LogP contribution in [0.3, 0.4) is 0 Å². The lowest BCUT2D eigenvalue weighted by molar-refractivity contribution is -0.0264. The molecule has 4 aliphatic rings. The average molecular weight is 446 g/mol. The molecule has 0 aromatic rings. The van der Waals surface area contributed by atoms with Crippen molar-refractivity contribution in [1.29, 1.82) is 5.41 Å². The first-order chi connectivity index (χ1) is 14.6. The van der Waals surface area contributed by atoms with E-state index < -0.39 is 6.16 Å². The highest BCUT2D eigenvalue weighted by Crippen LogP contribution is 2.68. The maximum Gasteiger partial charge on any atom is 0.508 e. The second-order valence-electron chi connectivity index (χ2n) is 10.6. The number of alkyl halides is 1. The number of ether oxygens (including phenoxy) is 2. The molecule has 0 bridgehead atoms. The summed E-state index contributed by atoms with van der Waals surface area (Å²) in [5.74, 6) is 2.31. The first kappa shape index (κ1) is 22.6. The molecule has 8 atom stereocenters. The van der Waals surface area contributed by atoms with Crippen LogP contribution in [-0.4, -0.2) is 30.5 Å². The second-order valence-corrected chi connectivity index (χ2v) is 11.2. The van der Waals surface area contributed by atoms with Gasteiger partial charge in [0.2, 0.25) is 0 Å². The van der Waals surface area contributed by atoms with E-state index in [4.69, 9.17) is 26.5 Å². The lowest BCUT2D eigenvalue weighted by Crippen LogP contribution is -2.54. The molecule has 0 amide bonds. The third kappa shape index (κ3) is 3.59. The number of carbonyl (C=O) groups excluding carboxylic acids is 1. The van der Waals surface area contributed by atoms with Crippen molar-refractivity contribution in [2.24, 2.45) is 40.4 Å². The minimum Gasteiger partial charge on any atom is -0.435 e. The van der Waals surface area contributed by atoms with Gasteiger partial charge in [-0.05, 0) is 85.3 Å². The van der Waals surface area contributed by atoms with Crippen LogP contribution in [0.15, 0.2) is 36.0 Å². The van der Waals surface area contributed by atoms with Gasteiger partial charge in [0.05, 0.1) is 12.3 Å². The quantitative estimate of drug-likeness (QED) is 0.303. The topological polar surface area (TPSA) is 59.4 Å². The third-order valence-electron chi connectivity index (χ3n) is 8.90. The molecule has 0 aliphatic heterocycles. The zero-order chi connectivity index (χ0) is 22.6. The van der Waals surface area contributed by atoms with Crippen molar-refractivity contribution in [2.75, 3.05) is 13.2 Å². The molecule has 0 aromatic heterocycles. The van der Waals surface area contributed by atoms with Crippen molar-refractivity contribution in [3.8, 4) is 0 Å². The third-order valence-corrected chi connectivity index (χ3v) is 9.33. The van der Waals surface area contributed by atoms with Crippen molar-refractivity contribution in [1.82, 2.24) is 0 Å². The number of fused-ring (bicyclic) bond motifs is 5. The molecule has 3 fully saturated rings. The van der Waals surface area contributed by atoms with Gasteiger partial charge in [-0.25, -0.2) is 4.79 Å². The Morgan fingerprint density at radius 3 is 2.81 bits per heavy atom. The van der Waals surface area contributed by atoms with E-state index in [1.807, 2.05) is 6.08 Å². The average Bonchev–Trinajstić information content (AvgIpc) is 2.96. The summed E-state index contributed by atoms with van der Waals surface area (Å²) in [5.41, 5.74) is 2.98. The molecule has 0 spiro atoms. The van der Waals surface area contributed by atoms with Crippen molar-refractivity contribution in [3.05, 3.63) is 36.0 Å². The zero-order valence-electron chi connectivity index (χ0n) is 19.2. The Hall–Kier alpha value is -1.55. The van der Waals surface area contributed by atoms with Gasteiger partial charge in [0, 0.05) is 10.8 Å². The van der Waals surface area contributed by atoms with E-state index in [0.717, 1.165) is 24.8 Å². The summed E-state index contributed by atoms with van der Waals surface area (Å²) < 4.78 is 10.2. The molecule has 5 heteroatoms. The van der Waals surface area contributed by atoms with E-state index in [1.54, 1.807) is 6.92 Å². The summed E-state index contributed by atoms with van der Waals surface area (Å²) in [5, 5.41) is 8.15. The number of hydrogen-bond donors (Lipinski definition) is 1. The Balaban J connectivity index is 1.59. The van der Waals surface area contributed by atoms with Crippen molar-refractivity contribution >= 4 is 23.5 Å². The number of rotatable bonds is 4. The molecule has 0 radical (unpaired) electrons. The molecule has 0 heterocycles. The highest BCUT2D eigenvalue weighted by Gasteiger charge is 2.63. The van der Waals surface area contributed by atoms with Gasteiger partial charge in [0.1, 0.15) is 6.61 Å². The van der Waals surface area contributed by atoms with Crippen LogP contribution < -0.4 is 0 Å². The van der Waals surface area contributed by atoms with Gasteiger partial charge < -0.3 is 14.9 Å². The summed E-state index contributed by atoms with van der Waals surface area (Å²) in [4.78, 5) is 11.7. The maximum atomic E-state index is 11.7. The molecule has 6 unspecified atom stereocenters. The fourth-order valence-corrected chi connectivity index (χ4v) is 8.70. The van der Waals surface area contributed by atoms with Crippen molar-refractivity contribution in [2.45, 2.75) is 58.8 Å². The summed E-state index contributed by atoms with van der Waals surface area (Å²) >= 11 is 7.23. The van der Waals surface area contributed by atoms with Crippen LogP contribution in [0.25, 0.3) is 0 Å². The smallest absolute Gasteiger partial charge is 0.435 e. The molecule has 4 rings (SSSR count). The van der Waals surface area contributed by atoms with Gasteiger partial charge in [-0.1, -0.05) is 39.0 Å². The number of halogens is 1. The zero-order valence-corrected chi connectivity index (χ0v) is 20.0. The molecular formula is C26H36ClNO3. The summed E-state index contributed by atoms with van der Waals surface area (Å²) in [6.45, 7) is 13.7. The van der Waals surface area contributed by atoms with E-state index in [9.17, 15) is 4.79 Å². The van der Waals surface area contributed by atoms with Crippen LogP contribution in [0.1, 0.15) is 53.4 Å². The lowest BCUT2D eigenvalue weighted by atomic mass is 9.47. The molecule has 3 saturated carbocycles.